The van der Waals surface area contributed by atoms with Crippen LogP contribution in [-0.4, -0.2) is 63.3 Å². The summed E-state index contributed by atoms with van der Waals surface area (Å²) in [6.07, 6.45) is 1.87. The third kappa shape index (κ3) is 4.84. The number of methoxy groups -OCH3 is 1. The maximum atomic E-state index is 5.25. The second kappa shape index (κ2) is 9.61. The van der Waals surface area contributed by atoms with Gasteiger partial charge in [0.1, 0.15) is 5.75 Å². The summed E-state index contributed by atoms with van der Waals surface area (Å²) in [4.78, 5) is 9.60. The van der Waals surface area contributed by atoms with E-state index >= 15 is 0 Å². The predicted octanol–water partition coefficient (Wildman–Crippen LogP) is 2.52. The van der Waals surface area contributed by atoms with Gasteiger partial charge in [0.25, 0.3) is 0 Å². The molecule has 0 radical (unpaired) electrons. The number of nitrogens with zero attached hydrogens (tertiary/aromatic N) is 3. The fourth-order valence-electron chi connectivity index (χ4n) is 3.11. The Morgan fingerprint density at radius 2 is 1.80 bits per heavy atom. The SMILES string of the molecule is CNCCN1CCN(c2cccnc2-c2ccc(OC)cc2)CC1.Cl. The van der Waals surface area contributed by atoms with Crippen molar-refractivity contribution in [1.82, 2.24) is 15.2 Å². The summed E-state index contributed by atoms with van der Waals surface area (Å²) in [5.74, 6) is 0.870. The van der Waals surface area contributed by atoms with Crippen molar-refractivity contribution in [1.29, 1.82) is 0 Å². The molecule has 1 N–H and O–H groups in total. The average Bonchev–Trinajstić information content (AvgIpc) is 2.67. The molecule has 3 rings (SSSR count). The predicted molar refractivity (Wildman–Crippen MR) is 106 cm³/mol. The van der Waals surface area contributed by atoms with Crippen molar-refractivity contribution in [2.24, 2.45) is 0 Å². The number of nitrogens with one attached hydrogen (secondary N) is 1. The molecule has 0 atom stereocenters. The van der Waals surface area contributed by atoms with E-state index in [0.29, 0.717) is 0 Å². The van der Waals surface area contributed by atoms with Crippen molar-refractivity contribution in [3.63, 3.8) is 0 Å². The molecule has 2 aromatic rings. The highest BCUT2D eigenvalue weighted by Crippen LogP contribution is 2.30. The third-order valence-electron chi connectivity index (χ3n) is 4.54. The zero-order valence-electron chi connectivity index (χ0n) is 14.9. The molecule has 0 unspecified atom stereocenters. The van der Waals surface area contributed by atoms with Gasteiger partial charge in [-0.1, -0.05) is 0 Å². The standard InChI is InChI=1S/C19H26N4O.ClH/c1-20-10-11-22-12-14-23(15-13-22)18-4-3-9-21-19(18)16-5-7-17(24-2)8-6-16;/h3-9,20H,10-15H2,1-2H3;1H. The molecular weight excluding hydrogens is 336 g/mol. The minimum Gasteiger partial charge on any atom is -0.497 e. The molecule has 0 spiro atoms. The second-order valence-electron chi connectivity index (χ2n) is 6.03. The lowest BCUT2D eigenvalue weighted by atomic mass is 10.1. The molecule has 0 aliphatic carbocycles. The van der Waals surface area contributed by atoms with Crippen LogP contribution in [0.4, 0.5) is 5.69 Å². The van der Waals surface area contributed by atoms with Crippen LogP contribution in [0.2, 0.25) is 0 Å². The molecule has 136 valence electrons. The smallest absolute Gasteiger partial charge is 0.118 e. The molecule has 5 nitrogen and oxygen atoms in total. The molecule has 1 aliphatic heterocycles. The van der Waals surface area contributed by atoms with Gasteiger partial charge in [-0.3, -0.25) is 9.88 Å². The number of hydrogen-bond acceptors (Lipinski definition) is 5. The van der Waals surface area contributed by atoms with Crippen LogP contribution >= 0.6 is 12.4 Å². The van der Waals surface area contributed by atoms with E-state index in [2.05, 4.69) is 38.3 Å². The maximum absolute atomic E-state index is 5.25. The van der Waals surface area contributed by atoms with Gasteiger partial charge in [-0.25, -0.2) is 0 Å². The number of ether oxygens (including phenoxy) is 1. The molecule has 6 heteroatoms. The van der Waals surface area contributed by atoms with Crippen LogP contribution in [0, 0.1) is 0 Å². The van der Waals surface area contributed by atoms with Crippen LogP contribution in [0.1, 0.15) is 0 Å². The summed E-state index contributed by atoms with van der Waals surface area (Å²) in [7, 11) is 3.70. The molecule has 2 heterocycles. The monoisotopic (exact) mass is 362 g/mol. The Morgan fingerprint density at radius 3 is 2.44 bits per heavy atom. The Hall–Kier alpha value is -1.82. The highest BCUT2D eigenvalue weighted by molar-refractivity contribution is 5.85. The summed E-state index contributed by atoms with van der Waals surface area (Å²) in [5.41, 5.74) is 3.39. The summed E-state index contributed by atoms with van der Waals surface area (Å²) < 4.78 is 5.25. The largest absolute Gasteiger partial charge is 0.497 e. The third-order valence-corrected chi connectivity index (χ3v) is 4.54. The Balaban J connectivity index is 0.00000225. The number of pyridine rings is 1. The molecule has 1 aromatic heterocycles. The fourth-order valence-corrected chi connectivity index (χ4v) is 3.11. The van der Waals surface area contributed by atoms with Crippen molar-refractivity contribution in [2.45, 2.75) is 0 Å². The second-order valence-corrected chi connectivity index (χ2v) is 6.03. The highest BCUT2D eigenvalue weighted by atomic mass is 35.5. The zero-order chi connectivity index (χ0) is 16.8. The number of halogens is 1. The van der Waals surface area contributed by atoms with E-state index in [1.165, 1.54) is 5.69 Å². The number of hydrogen-bond donors (Lipinski definition) is 1. The number of piperazine rings is 1. The van der Waals surface area contributed by atoms with Crippen LogP contribution in [0.5, 0.6) is 5.75 Å². The lowest BCUT2D eigenvalue weighted by Crippen LogP contribution is -2.48. The number of rotatable bonds is 6. The molecule has 25 heavy (non-hydrogen) atoms. The van der Waals surface area contributed by atoms with Gasteiger partial charge in [0.2, 0.25) is 0 Å². The number of anilines is 1. The first-order valence-electron chi connectivity index (χ1n) is 8.53. The van der Waals surface area contributed by atoms with Gasteiger partial charge in [-0.2, -0.15) is 0 Å². The lowest BCUT2D eigenvalue weighted by molar-refractivity contribution is 0.260. The molecule has 1 aromatic carbocycles. The molecule has 1 saturated heterocycles. The Labute approximate surface area is 156 Å². The molecule has 0 saturated carbocycles. The first kappa shape index (κ1) is 19.5. The lowest BCUT2D eigenvalue weighted by Gasteiger charge is -2.36. The summed E-state index contributed by atoms with van der Waals surface area (Å²) in [6, 6.07) is 12.3. The normalized spacial score (nSPS) is 14.9. The van der Waals surface area contributed by atoms with Crippen molar-refractivity contribution in [3.8, 4) is 17.0 Å². The van der Waals surface area contributed by atoms with Gasteiger partial charge < -0.3 is 15.0 Å². The molecule has 1 aliphatic rings. The van der Waals surface area contributed by atoms with Crippen molar-refractivity contribution in [3.05, 3.63) is 42.6 Å². The van der Waals surface area contributed by atoms with Gasteiger partial charge in [0.05, 0.1) is 18.5 Å². The summed E-state index contributed by atoms with van der Waals surface area (Å²) >= 11 is 0. The first-order chi connectivity index (χ1) is 11.8. The van der Waals surface area contributed by atoms with Gasteiger partial charge >= 0.3 is 0 Å². The van der Waals surface area contributed by atoms with E-state index in [9.17, 15) is 0 Å². The van der Waals surface area contributed by atoms with E-state index in [1.54, 1.807) is 7.11 Å². The van der Waals surface area contributed by atoms with Crippen LogP contribution in [-0.2, 0) is 0 Å². The van der Waals surface area contributed by atoms with Gasteiger partial charge in [0, 0.05) is 51.0 Å². The fraction of sp³-hybridized carbons (Fsp3) is 0.421. The summed E-state index contributed by atoms with van der Waals surface area (Å²) in [6.45, 7) is 6.43. The maximum Gasteiger partial charge on any atom is 0.118 e. The van der Waals surface area contributed by atoms with Crippen molar-refractivity contribution < 1.29 is 4.74 Å². The molecule has 0 bridgehead atoms. The van der Waals surface area contributed by atoms with Crippen LogP contribution in [0.15, 0.2) is 42.6 Å². The Kier molecular flexibility index (Phi) is 7.50. The Morgan fingerprint density at radius 1 is 1.08 bits per heavy atom. The van der Waals surface area contributed by atoms with E-state index in [4.69, 9.17) is 4.74 Å². The molecular formula is C19H27ClN4O. The van der Waals surface area contributed by atoms with Crippen LogP contribution < -0.4 is 15.0 Å². The van der Waals surface area contributed by atoms with Crippen molar-refractivity contribution in [2.75, 3.05) is 58.3 Å². The van der Waals surface area contributed by atoms with Crippen molar-refractivity contribution >= 4 is 18.1 Å². The van der Waals surface area contributed by atoms with Crippen LogP contribution in [0.3, 0.4) is 0 Å². The Bertz CT molecular complexity index is 642. The minimum absolute atomic E-state index is 0. The molecule has 0 amide bonds. The average molecular weight is 363 g/mol. The van der Waals surface area contributed by atoms with E-state index < -0.39 is 0 Å². The number of aromatic nitrogens is 1. The van der Waals surface area contributed by atoms with E-state index in [1.807, 2.05) is 31.4 Å². The quantitative estimate of drug-likeness (QED) is 0.855. The van der Waals surface area contributed by atoms with E-state index in [0.717, 1.165) is 56.3 Å². The zero-order valence-corrected chi connectivity index (χ0v) is 15.8. The summed E-state index contributed by atoms with van der Waals surface area (Å²) in [5, 5.41) is 3.22. The topological polar surface area (TPSA) is 40.6 Å². The van der Waals surface area contributed by atoms with Crippen LogP contribution in [0.25, 0.3) is 11.3 Å². The van der Waals surface area contributed by atoms with Gasteiger partial charge in [-0.15, -0.1) is 12.4 Å². The van der Waals surface area contributed by atoms with Gasteiger partial charge in [0.15, 0.2) is 0 Å². The number of benzene rings is 1. The van der Waals surface area contributed by atoms with E-state index in [-0.39, 0.29) is 12.4 Å². The first-order valence-corrected chi connectivity index (χ1v) is 8.53. The van der Waals surface area contributed by atoms with Gasteiger partial charge in [-0.05, 0) is 43.4 Å². The number of likely N-dealkylation sites (N-methyl/N-ethyl adjacent to an activating group) is 1. The minimum atomic E-state index is 0. The molecule has 1 fully saturated rings. The highest BCUT2D eigenvalue weighted by Gasteiger charge is 2.19.